The molecule has 0 bridgehead atoms. The summed E-state index contributed by atoms with van der Waals surface area (Å²) in [6.45, 7) is 8.52. The molecule has 14 heavy (non-hydrogen) atoms. The molecule has 0 spiro atoms. The molecule has 0 aliphatic heterocycles. The Morgan fingerprint density at radius 3 is 2.64 bits per heavy atom. The van der Waals surface area contributed by atoms with E-state index in [1.54, 1.807) is 0 Å². The van der Waals surface area contributed by atoms with E-state index in [4.69, 9.17) is 10.5 Å². The van der Waals surface area contributed by atoms with E-state index in [1.165, 1.54) is 19.3 Å². The molecule has 2 nitrogen and oxygen atoms in total. The summed E-state index contributed by atoms with van der Waals surface area (Å²) in [7, 11) is 0. The van der Waals surface area contributed by atoms with Crippen LogP contribution in [0, 0.1) is 0 Å². The SMILES string of the molecule is C=CCCCCCC(N)C(C)OCC. The normalized spacial score (nSPS) is 15.1. The van der Waals surface area contributed by atoms with Gasteiger partial charge >= 0.3 is 0 Å². The quantitative estimate of drug-likeness (QED) is 0.458. The topological polar surface area (TPSA) is 35.2 Å². The molecule has 84 valence electrons. The molecule has 0 radical (unpaired) electrons. The fourth-order valence-corrected chi connectivity index (χ4v) is 1.47. The monoisotopic (exact) mass is 199 g/mol. The van der Waals surface area contributed by atoms with Crippen LogP contribution in [0.1, 0.15) is 46.0 Å². The van der Waals surface area contributed by atoms with Crippen molar-refractivity contribution < 1.29 is 4.74 Å². The molecular weight excluding hydrogens is 174 g/mol. The average Bonchev–Trinajstić information content (AvgIpc) is 2.17. The van der Waals surface area contributed by atoms with Gasteiger partial charge in [-0.2, -0.15) is 0 Å². The van der Waals surface area contributed by atoms with Crippen LogP contribution in [-0.4, -0.2) is 18.8 Å². The molecule has 2 unspecified atom stereocenters. The second-order valence-electron chi connectivity index (χ2n) is 3.75. The van der Waals surface area contributed by atoms with E-state index in [1.807, 2.05) is 13.0 Å². The highest BCUT2D eigenvalue weighted by atomic mass is 16.5. The highest BCUT2D eigenvalue weighted by Gasteiger charge is 2.11. The van der Waals surface area contributed by atoms with E-state index < -0.39 is 0 Å². The fraction of sp³-hybridized carbons (Fsp3) is 0.833. The number of allylic oxidation sites excluding steroid dienone is 1. The molecule has 0 saturated carbocycles. The lowest BCUT2D eigenvalue weighted by atomic mass is 10.0. The number of hydrogen-bond acceptors (Lipinski definition) is 2. The molecule has 0 aromatic heterocycles. The molecule has 0 fully saturated rings. The van der Waals surface area contributed by atoms with Gasteiger partial charge in [-0.25, -0.2) is 0 Å². The molecule has 0 saturated heterocycles. The lowest BCUT2D eigenvalue weighted by Gasteiger charge is -2.19. The Morgan fingerprint density at radius 1 is 1.36 bits per heavy atom. The molecular formula is C12H25NO. The van der Waals surface area contributed by atoms with Crippen molar-refractivity contribution in [3.63, 3.8) is 0 Å². The van der Waals surface area contributed by atoms with Crippen LogP contribution in [0.5, 0.6) is 0 Å². The maximum absolute atomic E-state index is 5.97. The van der Waals surface area contributed by atoms with Crippen LogP contribution in [-0.2, 0) is 4.74 Å². The third-order valence-corrected chi connectivity index (χ3v) is 2.48. The molecule has 0 aromatic carbocycles. The summed E-state index contributed by atoms with van der Waals surface area (Å²) in [6.07, 6.45) is 8.04. The van der Waals surface area contributed by atoms with E-state index in [-0.39, 0.29) is 12.1 Å². The first-order chi connectivity index (χ1) is 6.72. The van der Waals surface area contributed by atoms with Gasteiger partial charge in [0.2, 0.25) is 0 Å². The van der Waals surface area contributed by atoms with Crippen LogP contribution in [0.2, 0.25) is 0 Å². The van der Waals surface area contributed by atoms with Crippen molar-refractivity contribution in [1.82, 2.24) is 0 Å². The highest BCUT2D eigenvalue weighted by Crippen LogP contribution is 2.08. The van der Waals surface area contributed by atoms with Gasteiger partial charge in [-0.05, 0) is 33.1 Å². The van der Waals surface area contributed by atoms with Crippen molar-refractivity contribution in [2.75, 3.05) is 6.61 Å². The second-order valence-corrected chi connectivity index (χ2v) is 3.75. The van der Waals surface area contributed by atoms with Crippen LogP contribution in [0.15, 0.2) is 12.7 Å². The molecule has 2 heteroatoms. The van der Waals surface area contributed by atoms with Gasteiger partial charge in [0.05, 0.1) is 6.10 Å². The van der Waals surface area contributed by atoms with Gasteiger partial charge in [0.25, 0.3) is 0 Å². The van der Waals surface area contributed by atoms with Gasteiger partial charge in [0.1, 0.15) is 0 Å². The van der Waals surface area contributed by atoms with Crippen LogP contribution in [0.4, 0.5) is 0 Å². The molecule has 2 N–H and O–H groups in total. The van der Waals surface area contributed by atoms with E-state index in [0.29, 0.717) is 0 Å². The number of nitrogens with two attached hydrogens (primary N) is 1. The zero-order valence-electron chi connectivity index (χ0n) is 9.67. The van der Waals surface area contributed by atoms with Crippen LogP contribution in [0.3, 0.4) is 0 Å². The lowest BCUT2D eigenvalue weighted by Crippen LogP contribution is -2.34. The molecule has 0 heterocycles. The zero-order valence-corrected chi connectivity index (χ0v) is 9.67. The number of ether oxygens (including phenoxy) is 1. The number of rotatable bonds is 9. The van der Waals surface area contributed by atoms with Crippen molar-refractivity contribution >= 4 is 0 Å². The predicted octanol–water partition coefficient (Wildman–Crippen LogP) is 2.88. The third kappa shape index (κ3) is 7.10. The van der Waals surface area contributed by atoms with Gasteiger partial charge in [-0.1, -0.05) is 18.9 Å². The summed E-state index contributed by atoms with van der Waals surface area (Å²) in [5, 5.41) is 0. The van der Waals surface area contributed by atoms with Crippen LogP contribution < -0.4 is 5.73 Å². The summed E-state index contributed by atoms with van der Waals surface area (Å²) in [5.41, 5.74) is 5.97. The molecule has 0 rings (SSSR count). The second kappa shape index (κ2) is 9.22. The molecule has 0 aliphatic carbocycles. The summed E-state index contributed by atoms with van der Waals surface area (Å²) >= 11 is 0. The van der Waals surface area contributed by atoms with E-state index in [0.717, 1.165) is 19.4 Å². The maximum atomic E-state index is 5.97. The van der Waals surface area contributed by atoms with Gasteiger partial charge in [0, 0.05) is 12.6 Å². The van der Waals surface area contributed by atoms with Gasteiger partial charge in [-0.15, -0.1) is 6.58 Å². The largest absolute Gasteiger partial charge is 0.377 e. The minimum Gasteiger partial charge on any atom is -0.377 e. The molecule has 0 aliphatic rings. The number of unbranched alkanes of at least 4 members (excludes halogenated alkanes) is 3. The first kappa shape index (κ1) is 13.7. The van der Waals surface area contributed by atoms with Gasteiger partial charge in [-0.3, -0.25) is 0 Å². The minimum absolute atomic E-state index is 0.193. The van der Waals surface area contributed by atoms with Crippen molar-refractivity contribution in [2.24, 2.45) is 5.73 Å². The first-order valence-corrected chi connectivity index (χ1v) is 5.70. The van der Waals surface area contributed by atoms with Crippen molar-refractivity contribution in [3.05, 3.63) is 12.7 Å². The number of hydrogen-bond donors (Lipinski definition) is 1. The standard InChI is InChI=1S/C12H25NO/c1-4-6-7-8-9-10-12(13)11(3)14-5-2/h4,11-12H,1,5-10,13H2,2-3H3. The van der Waals surface area contributed by atoms with E-state index in [9.17, 15) is 0 Å². The fourth-order valence-electron chi connectivity index (χ4n) is 1.47. The Hall–Kier alpha value is -0.340. The first-order valence-electron chi connectivity index (χ1n) is 5.70. The summed E-state index contributed by atoms with van der Waals surface area (Å²) in [4.78, 5) is 0. The van der Waals surface area contributed by atoms with Crippen LogP contribution in [0.25, 0.3) is 0 Å². The third-order valence-electron chi connectivity index (χ3n) is 2.48. The minimum atomic E-state index is 0.193. The summed E-state index contributed by atoms with van der Waals surface area (Å²) in [5.74, 6) is 0. The predicted molar refractivity (Wildman–Crippen MR) is 62.3 cm³/mol. The highest BCUT2D eigenvalue weighted by molar-refractivity contribution is 4.70. The molecule has 0 amide bonds. The maximum Gasteiger partial charge on any atom is 0.0697 e. The Kier molecular flexibility index (Phi) is 9.00. The summed E-state index contributed by atoms with van der Waals surface area (Å²) in [6, 6.07) is 0.193. The Bertz CT molecular complexity index is 136. The zero-order chi connectivity index (χ0) is 10.8. The van der Waals surface area contributed by atoms with Crippen molar-refractivity contribution in [3.8, 4) is 0 Å². The Morgan fingerprint density at radius 2 is 2.07 bits per heavy atom. The van der Waals surface area contributed by atoms with Gasteiger partial charge < -0.3 is 10.5 Å². The van der Waals surface area contributed by atoms with E-state index in [2.05, 4.69) is 13.5 Å². The summed E-state index contributed by atoms with van der Waals surface area (Å²) < 4.78 is 5.44. The van der Waals surface area contributed by atoms with Crippen molar-refractivity contribution in [1.29, 1.82) is 0 Å². The van der Waals surface area contributed by atoms with Gasteiger partial charge in [0.15, 0.2) is 0 Å². The smallest absolute Gasteiger partial charge is 0.0697 e. The lowest BCUT2D eigenvalue weighted by molar-refractivity contribution is 0.0550. The molecule has 0 aromatic rings. The molecule has 2 atom stereocenters. The Labute approximate surface area is 88.5 Å². The van der Waals surface area contributed by atoms with E-state index >= 15 is 0 Å². The van der Waals surface area contributed by atoms with Crippen molar-refractivity contribution in [2.45, 2.75) is 58.1 Å². The van der Waals surface area contributed by atoms with Crippen LogP contribution >= 0.6 is 0 Å². The Balaban J connectivity index is 3.33. The average molecular weight is 199 g/mol.